The van der Waals surface area contributed by atoms with Crippen molar-refractivity contribution >= 4 is 17.6 Å². The van der Waals surface area contributed by atoms with Crippen molar-refractivity contribution in [2.45, 2.75) is 32.1 Å². The van der Waals surface area contributed by atoms with Crippen LogP contribution in [0, 0.1) is 0 Å². The largest absolute Gasteiger partial charge is 0.497 e. The lowest BCUT2D eigenvalue weighted by molar-refractivity contribution is -0.137. The van der Waals surface area contributed by atoms with Crippen molar-refractivity contribution in [3.63, 3.8) is 0 Å². The molecule has 2 heterocycles. The number of halogens is 3. The lowest BCUT2D eigenvalue weighted by Gasteiger charge is -2.38. The number of ether oxygens (including phenoxy) is 1. The Kier molecular flexibility index (Phi) is 7.75. The second kappa shape index (κ2) is 11.0. The zero-order chi connectivity index (χ0) is 26.6. The number of rotatable bonds is 7. The summed E-state index contributed by atoms with van der Waals surface area (Å²) in [5, 5.41) is 2.61. The molecule has 3 aromatic rings. The highest BCUT2D eigenvalue weighted by atomic mass is 19.4. The molecule has 0 aliphatic carbocycles. The lowest BCUT2D eigenvalue weighted by Crippen LogP contribution is -2.48. The topological polar surface area (TPSA) is 66.8 Å². The molecule has 7 nitrogen and oxygen atoms in total. The second-order valence-electron chi connectivity index (χ2n) is 8.82. The smallest absolute Gasteiger partial charge is 0.416 e. The maximum atomic E-state index is 13.6. The molecule has 1 atom stereocenters. The fourth-order valence-electron chi connectivity index (χ4n) is 4.54. The Morgan fingerprint density at radius 2 is 1.84 bits per heavy atom. The van der Waals surface area contributed by atoms with Crippen molar-refractivity contribution in [3.05, 3.63) is 83.7 Å². The fraction of sp³-hybridized carbons (Fsp3) is 0.333. The lowest BCUT2D eigenvalue weighted by atomic mass is 9.99. The van der Waals surface area contributed by atoms with Gasteiger partial charge in [0.2, 0.25) is 5.91 Å². The molecular weight excluding hydrogens is 485 g/mol. The Hall–Kier alpha value is -3.95. The summed E-state index contributed by atoms with van der Waals surface area (Å²) < 4.78 is 46.1. The number of methoxy groups -OCH3 is 1. The van der Waals surface area contributed by atoms with Crippen LogP contribution in [0.1, 0.15) is 36.2 Å². The summed E-state index contributed by atoms with van der Waals surface area (Å²) in [6.07, 6.45) is -1.88. The molecule has 1 aliphatic heterocycles. The van der Waals surface area contributed by atoms with Gasteiger partial charge in [-0.15, -0.1) is 0 Å². The fourth-order valence-corrected chi connectivity index (χ4v) is 4.54. The van der Waals surface area contributed by atoms with Crippen LogP contribution in [-0.2, 0) is 17.5 Å². The first-order valence-corrected chi connectivity index (χ1v) is 12.0. The molecule has 1 aliphatic rings. The Morgan fingerprint density at radius 1 is 1.08 bits per heavy atom. The number of hydrogen-bond donors (Lipinski definition) is 1. The van der Waals surface area contributed by atoms with Crippen molar-refractivity contribution in [1.29, 1.82) is 0 Å². The van der Waals surface area contributed by atoms with Crippen molar-refractivity contribution in [1.82, 2.24) is 14.4 Å². The second-order valence-corrected chi connectivity index (χ2v) is 8.82. The molecule has 37 heavy (non-hydrogen) atoms. The Bertz CT molecular complexity index is 1240. The number of nitrogens with zero attached hydrogens (tertiary/aromatic N) is 3. The van der Waals surface area contributed by atoms with Gasteiger partial charge in [0.05, 0.1) is 18.7 Å². The number of hydrogen-bond acceptors (Lipinski definition) is 3. The van der Waals surface area contributed by atoms with E-state index in [0.717, 1.165) is 23.4 Å². The first-order valence-electron chi connectivity index (χ1n) is 12.0. The van der Waals surface area contributed by atoms with Crippen molar-refractivity contribution in [2.24, 2.45) is 0 Å². The van der Waals surface area contributed by atoms with E-state index in [1.165, 1.54) is 17.0 Å². The molecular formula is C27H29F3N4O3. The van der Waals surface area contributed by atoms with Crippen LogP contribution in [0.4, 0.5) is 23.7 Å². The van der Waals surface area contributed by atoms with E-state index >= 15 is 0 Å². The van der Waals surface area contributed by atoms with Crippen LogP contribution in [0.5, 0.6) is 5.75 Å². The normalized spacial score (nSPS) is 15.2. The number of urea groups is 1. The zero-order valence-electron chi connectivity index (χ0n) is 20.7. The highest BCUT2D eigenvalue weighted by Crippen LogP contribution is 2.34. The van der Waals surface area contributed by atoms with E-state index in [2.05, 4.69) is 9.88 Å². The standard InChI is InChI=1S/C27H29F3N4O3/c1-3-13-33(26(36)31-21-11-9-20(10-12-21)27(28,29)30)18-24(35)34-16-15-32-14-5-8-23(32)25(34)19-6-4-7-22(17-19)37-2/h4-12,14,17,25H,3,13,15-16,18H2,1-2H3,(H,31,36)/t25-/m1/s1. The van der Waals surface area contributed by atoms with E-state index in [-0.39, 0.29) is 24.2 Å². The van der Waals surface area contributed by atoms with Crippen LogP contribution >= 0.6 is 0 Å². The van der Waals surface area contributed by atoms with Gasteiger partial charge in [-0.2, -0.15) is 13.2 Å². The zero-order valence-corrected chi connectivity index (χ0v) is 20.7. The number of amides is 3. The van der Waals surface area contributed by atoms with Crippen molar-refractivity contribution < 1.29 is 27.5 Å². The molecule has 10 heteroatoms. The molecule has 1 aromatic heterocycles. The monoisotopic (exact) mass is 514 g/mol. The number of benzene rings is 2. The van der Waals surface area contributed by atoms with Crippen LogP contribution in [0.15, 0.2) is 66.9 Å². The molecule has 0 saturated heterocycles. The third-order valence-corrected chi connectivity index (χ3v) is 6.34. The summed E-state index contributed by atoms with van der Waals surface area (Å²) in [5.74, 6) is 0.452. The quantitative estimate of drug-likeness (QED) is 0.460. The molecule has 4 rings (SSSR count). The molecule has 0 spiro atoms. The van der Waals surface area contributed by atoms with Gasteiger partial charge in [0.25, 0.3) is 0 Å². The van der Waals surface area contributed by atoms with E-state index in [4.69, 9.17) is 4.74 Å². The highest BCUT2D eigenvalue weighted by molar-refractivity contribution is 5.92. The third-order valence-electron chi connectivity index (χ3n) is 6.34. The van der Waals surface area contributed by atoms with E-state index < -0.39 is 17.8 Å². The summed E-state index contributed by atoms with van der Waals surface area (Å²) in [5.41, 5.74) is 1.27. The number of carbonyl (C=O) groups excluding carboxylic acids is 2. The molecule has 0 bridgehead atoms. The minimum absolute atomic E-state index is 0.165. The van der Waals surface area contributed by atoms with Crippen molar-refractivity contribution in [3.8, 4) is 5.75 Å². The van der Waals surface area contributed by atoms with Gasteiger partial charge in [-0.1, -0.05) is 19.1 Å². The van der Waals surface area contributed by atoms with Gasteiger partial charge in [-0.05, 0) is 60.5 Å². The molecule has 0 unspecified atom stereocenters. The highest BCUT2D eigenvalue weighted by Gasteiger charge is 2.34. The Labute approximate surface area is 213 Å². The summed E-state index contributed by atoms with van der Waals surface area (Å²) in [4.78, 5) is 29.7. The van der Waals surface area contributed by atoms with Gasteiger partial charge in [0.1, 0.15) is 12.3 Å². The number of anilines is 1. The first-order chi connectivity index (χ1) is 17.7. The molecule has 0 saturated carbocycles. The van der Waals surface area contributed by atoms with Crippen LogP contribution in [0.2, 0.25) is 0 Å². The molecule has 1 N–H and O–H groups in total. The average molecular weight is 515 g/mol. The number of fused-ring (bicyclic) bond motifs is 1. The van der Waals surface area contributed by atoms with E-state index in [9.17, 15) is 22.8 Å². The number of alkyl halides is 3. The van der Waals surface area contributed by atoms with Gasteiger partial charge in [0, 0.05) is 37.2 Å². The van der Waals surface area contributed by atoms with Crippen LogP contribution < -0.4 is 10.1 Å². The Balaban J connectivity index is 1.53. The Morgan fingerprint density at radius 3 is 2.51 bits per heavy atom. The summed E-state index contributed by atoms with van der Waals surface area (Å²) in [6.45, 7) is 3.12. The predicted molar refractivity (Wildman–Crippen MR) is 133 cm³/mol. The minimum Gasteiger partial charge on any atom is -0.497 e. The molecule has 2 aromatic carbocycles. The van der Waals surface area contributed by atoms with E-state index in [1.54, 1.807) is 12.0 Å². The maximum absolute atomic E-state index is 13.6. The number of carbonyl (C=O) groups is 2. The first kappa shape index (κ1) is 26.1. The van der Waals surface area contributed by atoms with Gasteiger partial charge in [-0.3, -0.25) is 4.79 Å². The van der Waals surface area contributed by atoms with Gasteiger partial charge in [0.15, 0.2) is 0 Å². The van der Waals surface area contributed by atoms with Crippen LogP contribution in [0.3, 0.4) is 0 Å². The summed E-state index contributed by atoms with van der Waals surface area (Å²) >= 11 is 0. The summed E-state index contributed by atoms with van der Waals surface area (Å²) in [6, 6.07) is 14.8. The van der Waals surface area contributed by atoms with Gasteiger partial charge >= 0.3 is 12.2 Å². The molecule has 0 radical (unpaired) electrons. The van der Waals surface area contributed by atoms with Gasteiger partial charge in [-0.25, -0.2) is 4.79 Å². The molecule has 3 amide bonds. The predicted octanol–water partition coefficient (Wildman–Crippen LogP) is 5.39. The number of aromatic nitrogens is 1. The summed E-state index contributed by atoms with van der Waals surface area (Å²) in [7, 11) is 1.59. The van der Waals surface area contributed by atoms with Crippen molar-refractivity contribution in [2.75, 3.05) is 32.1 Å². The SMILES string of the molecule is CCCN(CC(=O)N1CCn2cccc2[C@H]1c1cccc(OC)c1)C(=O)Nc1ccc(C(F)(F)F)cc1. The maximum Gasteiger partial charge on any atom is 0.416 e. The minimum atomic E-state index is -4.46. The van der Waals surface area contributed by atoms with E-state index in [1.807, 2.05) is 49.5 Å². The number of nitrogens with one attached hydrogen (secondary N) is 1. The van der Waals surface area contributed by atoms with Crippen LogP contribution in [0.25, 0.3) is 0 Å². The van der Waals surface area contributed by atoms with Gasteiger partial charge < -0.3 is 24.4 Å². The van der Waals surface area contributed by atoms with E-state index in [0.29, 0.717) is 31.8 Å². The van der Waals surface area contributed by atoms with Crippen LogP contribution in [-0.4, -0.2) is 53.0 Å². The average Bonchev–Trinajstić information content (AvgIpc) is 3.36. The molecule has 0 fully saturated rings. The third kappa shape index (κ3) is 5.90. The molecule has 196 valence electrons.